The molecule has 0 bridgehead atoms. The molecule has 6 heteroatoms. The third kappa shape index (κ3) is 2.83. The Bertz CT molecular complexity index is 249. The molecule has 0 aromatic carbocycles. The van der Waals surface area contributed by atoms with E-state index in [9.17, 15) is 10.1 Å². The Morgan fingerprint density at radius 2 is 2.67 bits per heavy atom. The highest BCUT2D eigenvalue weighted by atomic mass is 32.1. The van der Waals surface area contributed by atoms with E-state index in [0.717, 1.165) is 5.01 Å². The molecular formula is C6H8N2O3S. The van der Waals surface area contributed by atoms with Crippen molar-refractivity contribution in [1.82, 2.24) is 4.98 Å². The van der Waals surface area contributed by atoms with Crippen molar-refractivity contribution in [2.24, 2.45) is 0 Å². The predicted octanol–water partition coefficient (Wildman–Crippen LogP) is 1.28. The molecule has 12 heavy (non-hydrogen) atoms. The summed E-state index contributed by atoms with van der Waals surface area (Å²) in [5.41, 5.74) is 0. The fourth-order valence-electron chi connectivity index (χ4n) is 0.784. The van der Waals surface area contributed by atoms with Crippen molar-refractivity contribution in [1.29, 1.82) is 0 Å². The van der Waals surface area contributed by atoms with Gasteiger partial charge in [0.15, 0.2) is 0 Å². The SMILES string of the molecule is CC(Cc1nccs1)O[N+](=O)[O-]. The Balaban J connectivity index is 2.36. The Hall–Kier alpha value is -1.17. The number of aromatic nitrogens is 1. The smallest absolute Gasteiger partial charge is 0.294 e. The number of rotatable bonds is 4. The second kappa shape index (κ2) is 4.01. The Morgan fingerprint density at radius 3 is 3.17 bits per heavy atom. The summed E-state index contributed by atoms with van der Waals surface area (Å²) in [6, 6.07) is 0. The van der Waals surface area contributed by atoms with Crippen LogP contribution in [0.3, 0.4) is 0 Å². The number of nitrogens with zero attached hydrogens (tertiary/aromatic N) is 2. The van der Waals surface area contributed by atoms with E-state index in [1.165, 1.54) is 11.3 Å². The molecule has 0 saturated heterocycles. The van der Waals surface area contributed by atoms with Crippen LogP contribution in [0.5, 0.6) is 0 Å². The van der Waals surface area contributed by atoms with Gasteiger partial charge >= 0.3 is 0 Å². The molecule has 0 aliphatic rings. The third-order valence-corrected chi connectivity index (χ3v) is 2.01. The van der Waals surface area contributed by atoms with E-state index in [0.29, 0.717) is 6.42 Å². The predicted molar refractivity (Wildman–Crippen MR) is 43.4 cm³/mol. The van der Waals surface area contributed by atoms with Crippen molar-refractivity contribution in [3.8, 4) is 0 Å². The second-order valence-electron chi connectivity index (χ2n) is 2.27. The Labute approximate surface area is 73.1 Å². The van der Waals surface area contributed by atoms with Crippen LogP contribution in [0.25, 0.3) is 0 Å². The van der Waals surface area contributed by atoms with Gasteiger partial charge in [-0.1, -0.05) is 0 Å². The van der Waals surface area contributed by atoms with Gasteiger partial charge in [-0.2, -0.15) is 0 Å². The molecule has 0 saturated carbocycles. The maximum Gasteiger partial charge on any atom is 0.294 e. The minimum absolute atomic E-state index is 0.425. The molecular weight excluding hydrogens is 180 g/mol. The number of thiazole rings is 1. The molecule has 0 fully saturated rings. The summed E-state index contributed by atoms with van der Waals surface area (Å²) in [5, 5.41) is 11.8. The van der Waals surface area contributed by atoms with Gasteiger partial charge in [-0.15, -0.1) is 21.5 Å². The zero-order valence-electron chi connectivity index (χ0n) is 6.47. The lowest BCUT2D eigenvalue weighted by Crippen LogP contribution is -2.15. The van der Waals surface area contributed by atoms with Crippen LogP contribution in [0.15, 0.2) is 11.6 Å². The van der Waals surface area contributed by atoms with Crippen LogP contribution >= 0.6 is 11.3 Å². The summed E-state index contributed by atoms with van der Waals surface area (Å²) in [6.45, 7) is 1.64. The van der Waals surface area contributed by atoms with Gasteiger partial charge in [0, 0.05) is 18.0 Å². The first-order valence-electron chi connectivity index (χ1n) is 3.38. The molecule has 5 nitrogen and oxygen atoms in total. The fraction of sp³-hybridized carbons (Fsp3) is 0.500. The standard InChI is InChI=1S/C6H8N2O3S/c1-5(11-8(9)10)4-6-7-2-3-12-6/h2-3,5H,4H2,1H3. The van der Waals surface area contributed by atoms with E-state index in [-0.39, 0.29) is 0 Å². The van der Waals surface area contributed by atoms with E-state index in [4.69, 9.17) is 0 Å². The zero-order valence-corrected chi connectivity index (χ0v) is 7.28. The van der Waals surface area contributed by atoms with Crippen LogP contribution < -0.4 is 0 Å². The number of hydrogen-bond donors (Lipinski definition) is 0. The molecule has 0 aliphatic carbocycles. The van der Waals surface area contributed by atoms with Crippen LogP contribution in [-0.4, -0.2) is 16.2 Å². The van der Waals surface area contributed by atoms with Crippen LogP contribution in [0.2, 0.25) is 0 Å². The summed E-state index contributed by atoms with van der Waals surface area (Å²) in [7, 11) is 0. The highest BCUT2D eigenvalue weighted by Crippen LogP contribution is 2.08. The van der Waals surface area contributed by atoms with Crippen molar-refractivity contribution >= 4 is 11.3 Å². The van der Waals surface area contributed by atoms with E-state index in [1.807, 2.05) is 5.38 Å². The molecule has 1 aromatic rings. The molecule has 0 radical (unpaired) electrons. The maximum atomic E-state index is 9.90. The molecule has 1 atom stereocenters. The first-order chi connectivity index (χ1) is 5.68. The van der Waals surface area contributed by atoms with E-state index in [1.54, 1.807) is 13.1 Å². The zero-order chi connectivity index (χ0) is 8.97. The van der Waals surface area contributed by atoms with Crippen molar-refractivity contribution in [3.05, 3.63) is 26.7 Å². The maximum absolute atomic E-state index is 9.90. The van der Waals surface area contributed by atoms with Gasteiger partial charge in [-0.25, -0.2) is 4.98 Å². The largest absolute Gasteiger partial charge is 0.310 e. The lowest BCUT2D eigenvalue weighted by atomic mass is 10.3. The highest BCUT2D eigenvalue weighted by Gasteiger charge is 2.08. The normalized spacial score (nSPS) is 12.4. The fourth-order valence-corrected chi connectivity index (χ4v) is 1.52. The van der Waals surface area contributed by atoms with Crippen molar-refractivity contribution < 1.29 is 9.92 Å². The quantitative estimate of drug-likeness (QED) is 0.527. The summed E-state index contributed by atoms with van der Waals surface area (Å²) >= 11 is 1.46. The van der Waals surface area contributed by atoms with E-state index < -0.39 is 11.2 Å². The summed E-state index contributed by atoms with van der Waals surface area (Å²) < 4.78 is 0. The first kappa shape index (κ1) is 8.92. The average molecular weight is 188 g/mol. The van der Waals surface area contributed by atoms with Crippen LogP contribution in [0.4, 0.5) is 0 Å². The highest BCUT2D eigenvalue weighted by molar-refractivity contribution is 7.09. The minimum atomic E-state index is -0.779. The molecule has 0 amide bonds. The lowest BCUT2D eigenvalue weighted by molar-refractivity contribution is -0.767. The van der Waals surface area contributed by atoms with Crippen molar-refractivity contribution in [2.75, 3.05) is 0 Å². The first-order valence-corrected chi connectivity index (χ1v) is 4.26. The van der Waals surface area contributed by atoms with E-state index in [2.05, 4.69) is 9.82 Å². The second-order valence-corrected chi connectivity index (χ2v) is 3.25. The van der Waals surface area contributed by atoms with Gasteiger partial charge in [-0.05, 0) is 6.92 Å². The van der Waals surface area contributed by atoms with Gasteiger partial charge in [0.25, 0.3) is 5.09 Å². The van der Waals surface area contributed by atoms with Gasteiger partial charge < -0.3 is 4.84 Å². The van der Waals surface area contributed by atoms with Gasteiger partial charge in [-0.3, -0.25) is 0 Å². The topological polar surface area (TPSA) is 65.3 Å². The summed E-state index contributed by atoms with van der Waals surface area (Å²) in [5.74, 6) is 0. The molecule has 0 N–H and O–H groups in total. The third-order valence-electron chi connectivity index (χ3n) is 1.21. The molecule has 1 rings (SSSR count). The van der Waals surface area contributed by atoms with E-state index >= 15 is 0 Å². The van der Waals surface area contributed by atoms with Crippen molar-refractivity contribution in [3.63, 3.8) is 0 Å². The van der Waals surface area contributed by atoms with Crippen LogP contribution in [0, 0.1) is 10.1 Å². The van der Waals surface area contributed by atoms with Crippen LogP contribution in [-0.2, 0) is 11.3 Å². The summed E-state index contributed by atoms with van der Waals surface area (Å²) in [6.07, 6.45) is 1.73. The molecule has 1 heterocycles. The van der Waals surface area contributed by atoms with Crippen LogP contribution in [0.1, 0.15) is 11.9 Å². The van der Waals surface area contributed by atoms with Gasteiger partial charge in [0.1, 0.15) is 6.10 Å². The molecule has 0 aliphatic heterocycles. The Kier molecular flexibility index (Phi) is 2.98. The van der Waals surface area contributed by atoms with Gasteiger partial charge in [0.05, 0.1) is 5.01 Å². The Morgan fingerprint density at radius 1 is 1.92 bits per heavy atom. The van der Waals surface area contributed by atoms with Gasteiger partial charge in [0.2, 0.25) is 0 Å². The molecule has 1 aromatic heterocycles. The minimum Gasteiger partial charge on any atom is -0.310 e. The monoisotopic (exact) mass is 188 g/mol. The number of hydrogen-bond acceptors (Lipinski definition) is 5. The molecule has 1 unspecified atom stereocenters. The lowest BCUT2D eigenvalue weighted by Gasteiger charge is -2.05. The van der Waals surface area contributed by atoms with Crippen molar-refractivity contribution in [2.45, 2.75) is 19.4 Å². The average Bonchev–Trinajstić information content (AvgIpc) is 2.37. The molecule has 0 spiro atoms. The summed E-state index contributed by atoms with van der Waals surface area (Å²) in [4.78, 5) is 18.2. The molecule has 66 valence electrons.